The Labute approximate surface area is 84.4 Å². The fraction of sp³-hybridized carbons (Fsp3) is 0.250. The van der Waals surface area contributed by atoms with Gasteiger partial charge in [-0.2, -0.15) is 0 Å². The molecule has 0 saturated carbocycles. The minimum absolute atomic E-state index is 0.583. The molecule has 2 aromatic heterocycles. The molecule has 13 heavy (non-hydrogen) atoms. The summed E-state index contributed by atoms with van der Waals surface area (Å²) < 4.78 is 4.95. The average Bonchev–Trinajstić information content (AvgIpc) is 2.70. The second kappa shape index (κ2) is 3.89. The topological polar surface area (TPSA) is 38.9 Å². The van der Waals surface area contributed by atoms with Gasteiger partial charge in [0.05, 0.1) is 11.8 Å². The van der Waals surface area contributed by atoms with Crippen molar-refractivity contribution in [2.45, 2.75) is 6.42 Å². The third-order valence-electron chi connectivity index (χ3n) is 1.54. The number of alkyl halides is 1. The van der Waals surface area contributed by atoms with Crippen LogP contribution in [0, 0.1) is 0 Å². The second-order valence-corrected chi connectivity index (χ2v) is 3.89. The van der Waals surface area contributed by atoms with Crippen molar-refractivity contribution in [3.8, 4) is 10.6 Å². The zero-order chi connectivity index (χ0) is 9.10. The summed E-state index contributed by atoms with van der Waals surface area (Å²) in [6.07, 6.45) is 4.06. The predicted molar refractivity (Wildman–Crippen MR) is 52.0 cm³/mol. The number of aryl methyl sites for hydroxylation is 1. The molecule has 0 saturated heterocycles. The van der Waals surface area contributed by atoms with E-state index in [-0.39, 0.29) is 0 Å². The normalized spacial score (nSPS) is 10.5. The molecule has 0 spiro atoms. The van der Waals surface area contributed by atoms with Crippen LogP contribution in [0.1, 0.15) is 5.01 Å². The Morgan fingerprint density at radius 2 is 2.38 bits per heavy atom. The molecule has 0 N–H and O–H groups in total. The summed E-state index contributed by atoms with van der Waals surface area (Å²) >= 11 is 7.14. The Morgan fingerprint density at radius 3 is 3.08 bits per heavy atom. The predicted octanol–water partition coefficient (Wildman–Crippen LogP) is 2.58. The molecule has 0 atom stereocenters. The molecule has 0 aromatic carbocycles. The van der Waals surface area contributed by atoms with E-state index in [1.807, 2.05) is 6.07 Å². The van der Waals surface area contributed by atoms with Crippen LogP contribution >= 0.6 is 22.9 Å². The first-order valence-corrected chi connectivity index (χ1v) is 5.16. The number of hydrogen-bond donors (Lipinski definition) is 0. The van der Waals surface area contributed by atoms with Crippen molar-refractivity contribution < 1.29 is 4.42 Å². The van der Waals surface area contributed by atoms with Gasteiger partial charge in [-0.15, -0.1) is 21.8 Å². The maximum atomic E-state index is 5.59. The van der Waals surface area contributed by atoms with Gasteiger partial charge in [0.15, 0.2) is 5.01 Å². The Hall–Kier alpha value is -0.870. The largest absolute Gasteiger partial charge is 0.472 e. The molecule has 0 fully saturated rings. The summed E-state index contributed by atoms with van der Waals surface area (Å²) in [5, 5.41) is 9.88. The lowest BCUT2D eigenvalue weighted by Crippen LogP contribution is -1.82. The van der Waals surface area contributed by atoms with Gasteiger partial charge in [-0.05, 0) is 6.07 Å². The van der Waals surface area contributed by atoms with Gasteiger partial charge >= 0.3 is 0 Å². The molecule has 0 bridgehead atoms. The average molecular weight is 215 g/mol. The monoisotopic (exact) mass is 214 g/mol. The quantitative estimate of drug-likeness (QED) is 0.738. The summed E-state index contributed by atoms with van der Waals surface area (Å²) in [4.78, 5) is 0. The van der Waals surface area contributed by atoms with Crippen molar-refractivity contribution in [2.75, 3.05) is 5.88 Å². The van der Waals surface area contributed by atoms with Crippen LogP contribution in [-0.4, -0.2) is 16.1 Å². The Kier molecular flexibility index (Phi) is 2.61. The van der Waals surface area contributed by atoms with Gasteiger partial charge < -0.3 is 4.42 Å². The van der Waals surface area contributed by atoms with Crippen molar-refractivity contribution in [2.24, 2.45) is 0 Å². The number of furan rings is 1. The molecule has 0 aliphatic carbocycles. The molecule has 0 aliphatic heterocycles. The summed E-state index contributed by atoms with van der Waals surface area (Å²) in [6, 6.07) is 1.87. The fourth-order valence-corrected chi connectivity index (χ4v) is 2.05. The summed E-state index contributed by atoms with van der Waals surface area (Å²) in [6.45, 7) is 0. The van der Waals surface area contributed by atoms with Crippen LogP contribution in [0.4, 0.5) is 0 Å². The smallest absolute Gasteiger partial charge is 0.151 e. The minimum Gasteiger partial charge on any atom is -0.472 e. The third kappa shape index (κ3) is 1.89. The first-order valence-electron chi connectivity index (χ1n) is 3.81. The first kappa shape index (κ1) is 8.72. The molecule has 2 aromatic rings. The van der Waals surface area contributed by atoms with E-state index in [4.69, 9.17) is 16.0 Å². The van der Waals surface area contributed by atoms with Crippen molar-refractivity contribution in [3.63, 3.8) is 0 Å². The molecule has 2 rings (SSSR count). The van der Waals surface area contributed by atoms with Crippen molar-refractivity contribution >= 4 is 22.9 Å². The zero-order valence-corrected chi connectivity index (χ0v) is 8.31. The van der Waals surface area contributed by atoms with Crippen molar-refractivity contribution in [1.82, 2.24) is 10.2 Å². The Bertz CT molecular complexity index is 371. The molecule has 5 heteroatoms. The minimum atomic E-state index is 0.583. The number of aromatic nitrogens is 2. The third-order valence-corrected chi connectivity index (χ3v) is 2.76. The highest BCUT2D eigenvalue weighted by Crippen LogP contribution is 2.23. The lowest BCUT2D eigenvalue weighted by atomic mass is 10.4. The van der Waals surface area contributed by atoms with Gasteiger partial charge in [0.1, 0.15) is 11.3 Å². The maximum Gasteiger partial charge on any atom is 0.151 e. The van der Waals surface area contributed by atoms with Gasteiger partial charge in [-0.25, -0.2) is 0 Å². The summed E-state index contributed by atoms with van der Waals surface area (Å²) in [5.41, 5.74) is 0.971. The molecule has 0 unspecified atom stereocenters. The Morgan fingerprint density at radius 1 is 1.46 bits per heavy atom. The fourth-order valence-electron chi connectivity index (χ4n) is 0.938. The first-order chi connectivity index (χ1) is 6.40. The van der Waals surface area contributed by atoms with E-state index in [1.165, 1.54) is 0 Å². The molecule has 68 valence electrons. The van der Waals surface area contributed by atoms with Gasteiger partial charge in [0.25, 0.3) is 0 Å². The van der Waals surface area contributed by atoms with E-state index in [0.717, 1.165) is 22.0 Å². The molecule has 0 radical (unpaired) electrons. The van der Waals surface area contributed by atoms with Gasteiger partial charge in [0.2, 0.25) is 0 Å². The highest BCUT2D eigenvalue weighted by atomic mass is 35.5. The van der Waals surface area contributed by atoms with Gasteiger partial charge in [-0.3, -0.25) is 0 Å². The molecular formula is C8H7ClN2OS. The number of halogens is 1. The van der Waals surface area contributed by atoms with Crippen molar-refractivity contribution in [1.29, 1.82) is 0 Å². The zero-order valence-electron chi connectivity index (χ0n) is 6.74. The Balaban J connectivity index is 2.23. The number of hydrogen-bond acceptors (Lipinski definition) is 4. The van der Waals surface area contributed by atoms with Crippen LogP contribution in [0.5, 0.6) is 0 Å². The lowest BCUT2D eigenvalue weighted by Gasteiger charge is -1.84. The van der Waals surface area contributed by atoms with Crippen LogP contribution in [0.25, 0.3) is 10.6 Å². The van der Waals surface area contributed by atoms with E-state index >= 15 is 0 Å². The van der Waals surface area contributed by atoms with Gasteiger partial charge in [0, 0.05) is 12.3 Å². The SMILES string of the molecule is ClCCc1nnc(-c2ccoc2)s1. The lowest BCUT2D eigenvalue weighted by molar-refractivity contribution is 0.568. The van der Waals surface area contributed by atoms with E-state index < -0.39 is 0 Å². The van der Waals surface area contributed by atoms with E-state index in [1.54, 1.807) is 23.9 Å². The second-order valence-electron chi connectivity index (χ2n) is 2.45. The number of rotatable bonds is 3. The standard InChI is InChI=1S/C8H7ClN2OS/c9-3-1-7-10-11-8(13-7)6-2-4-12-5-6/h2,4-5H,1,3H2. The van der Waals surface area contributed by atoms with Gasteiger partial charge in [-0.1, -0.05) is 11.3 Å². The van der Waals surface area contributed by atoms with Crippen LogP contribution < -0.4 is 0 Å². The maximum absolute atomic E-state index is 5.59. The van der Waals surface area contributed by atoms with E-state index in [9.17, 15) is 0 Å². The van der Waals surface area contributed by atoms with E-state index in [2.05, 4.69) is 10.2 Å². The summed E-state index contributed by atoms with van der Waals surface area (Å²) in [7, 11) is 0. The molecule has 2 heterocycles. The van der Waals surface area contributed by atoms with Crippen LogP contribution in [0.2, 0.25) is 0 Å². The highest BCUT2D eigenvalue weighted by Gasteiger charge is 2.06. The van der Waals surface area contributed by atoms with Crippen LogP contribution in [-0.2, 0) is 6.42 Å². The van der Waals surface area contributed by atoms with Crippen molar-refractivity contribution in [3.05, 3.63) is 23.6 Å². The number of nitrogens with zero attached hydrogens (tertiary/aromatic N) is 2. The summed E-state index contributed by atoms with van der Waals surface area (Å²) in [5.74, 6) is 0.583. The molecule has 0 amide bonds. The van der Waals surface area contributed by atoms with Crippen LogP contribution in [0.3, 0.4) is 0 Å². The highest BCUT2D eigenvalue weighted by molar-refractivity contribution is 7.14. The molecule has 0 aliphatic rings. The van der Waals surface area contributed by atoms with E-state index in [0.29, 0.717) is 5.88 Å². The van der Waals surface area contributed by atoms with Crippen LogP contribution in [0.15, 0.2) is 23.0 Å². The molecule has 3 nitrogen and oxygen atoms in total. The molecular weight excluding hydrogens is 208 g/mol.